The van der Waals surface area contributed by atoms with E-state index in [1.165, 1.54) is 29.1 Å². The van der Waals surface area contributed by atoms with Gasteiger partial charge in [-0.3, -0.25) is 10.1 Å². The molecule has 2 aromatic carbocycles. The number of amides is 3. The maximum Gasteiger partial charge on any atom is 0.334 e. The number of hydrogen-bond donors (Lipinski definition) is 2. The van der Waals surface area contributed by atoms with E-state index >= 15 is 0 Å². The summed E-state index contributed by atoms with van der Waals surface area (Å²) >= 11 is 0. The fourth-order valence-corrected chi connectivity index (χ4v) is 9.99. The van der Waals surface area contributed by atoms with Crippen molar-refractivity contribution in [2.75, 3.05) is 42.8 Å². The van der Waals surface area contributed by atoms with Gasteiger partial charge < -0.3 is 14.4 Å². The molecule has 4 aliphatic rings. The molecule has 1 aromatic heterocycles. The van der Waals surface area contributed by atoms with Crippen LogP contribution in [0.15, 0.2) is 71.4 Å². The molecule has 3 aromatic rings. The lowest BCUT2D eigenvalue weighted by Crippen LogP contribution is -2.49. The highest BCUT2D eigenvalue weighted by Gasteiger charge is 2.44. The molecular formula is C38H46N6O5S. The van der Waals surface area contributed by atoms with Gasteiger partial charge in [0.1, 0.15) is 15.7 Å². The summed E-state index contributed by atoms with van der Waals surface area (Å²) in [6, 6.07) is 13.0. The lowest BCUT2D eigenvalue weighted by Gasteiger charge is -2.46. The Morgan fingerprint density at radius 1 is 1.14 bits per heavy atom. The molecule has 3 heterocycles. The fraction of sp³-hybridized carbons (Fsp3) is 0.474. The van der Waals surface area contributed by atoms with E-state index in [4.69, 9.17) is 9.47 Å². The first-order valence-electron chi connectivity index (χ1n) is 17.6. The number of anilines is 2. The molecule has 1 saturated carbocycles. The number of carbonyl (C=O) groups is 2. The minimum Gasteiger partial charge on any atom is -0.490 e. The quantitative estimate of drug-likeness (QED) is 0.307. The van der Waals surface area contributed by atoms with Crippen molar-refractivity contribution in [3.63, 3.8) is 0 Å². The van der Waals surface area contributed by atoms with Gasteiger partial charge >= 0.3 is 6.03 Å². The minimum atomic E-state index is -3.56. The number of aromatic nitrogens is 2. The highest BCUT2D eigenvalue weighted by Crippen LogP contribution is 2.47. The molecule has 2 N–H and O–H groups in total. The molecule has 2 bridgehead atoms. The Morgan fingerprint density at radius 3 is 2.76 bits per heavy atom. The van der Waals surface area contributed by atoms with Gasteiger partial charge in [-0.2, -0.15) is 0 Å². The number of fused-ring (bicyclic) bond motifs is 4. The van der Waals surface area contributed by atoms with E-state index in [0.717, 1.165) is 50.9 Å². The van der Waals surface area contributed by atoms with Crippen LogP contribution in [0.5, 0.6) is 5.75 Å². The first kappa shape index (κ1) is 34.2. The summed E-state index contributed by atoms with van der Waals surface area (Å²) < 4.78 is 33.8. The minimum absolute atomic E-state index is 0.0303. The second kappa shape index (κ2) is 14.1. The second-order valence-electron chi connectivity index (χ2n) is 14.4. The Bertz CT molecular complexity index is 1910. The average Bonchev–Trinajstić information content (AvgIpc) is 3.22. The third kappa shape index (κ3) is 7.14. The Kier molecular flexibility index (Phi) is 9.67. The zero-order valence-corrected chi connectivity index (χ0v) is 29.8. The van der Waals surface area contributed by atoms with E-state index in [-0.39, 0.29) is 34.7 Å². The van der Waals surface area contributed by atoms with Crippen LogP contribution in [0.2, 0.25) is 0 Å². The van der Waals surface area contributed by atoms with Crippen LogP contribution in [0.4, 0.5) is 16.4 Å². The zero-order chi connectivity index (χ0) is 34.9. The van der Waals surface area contributed by atoms with E-state index in [1.54, 1.807) is 19.2 Å². The molecule has 2 aliphatic heterocycles. The van der Waals surface area contributed by atoms with Crippen LogP contribution >= 0.6 is 0 Å². The van der Waals surface area contributed by atoms with Gasteiger partial charge in [0.25, 0.3) is 5.91 Å². The second-order valence-corrected chi connectivity index (χ2v) is 16.4. The molecule has 3 amide bonds. The van der Waals surface area contributed by atoms with Crippen LogP contribution in [-0.4, -0.2) is 64.8 Å². The summed E-state index contributed by atoms with van der Waals surface area (Å²) in [4.78, 5) is 37.3. The van der Waals surface area contributed by atoms with Crippen LogP contribution in [0.1, 0.15) is 66.1 Å². The summed E-state index contributed by atoms with van der Waals surface area (Å²) in [6.45, 7) is 6.16. The molecule has 6 atom stereocenters. The first-order chi connectivity index (χ1) is 24.1. The van der Waals surface area contributed by atoms with Crippen LogP contribution in [0.3, 0.4) is 0 Å². The van der Waals surface area contributed by atoms with Crippen molar-refractivity contribution in [1.82, 2.24) is 14.7 Å². The summed E-state index contributed by atoms with van der Waals surface area (Å²) in [5, 5.41) is 2.50. The number of nitrogens with one attached hydrogen (secondary N) is 2. The Balaban J connectivity index is 1.28. The molecule has 264 valence electrons. The van der Waals surface area contributed by atoms with E-state index in [9.17, 15) is 13.8 Å². The normalized spacial score (nSPS) is 30.0. The van der Waals surface area contributed by atoms with Gasteiger partial charge in [0.2, 0.25) is 5.95 Å². The lowest BCUT2D eigenvalue weighted by atomic mass is 9.68. The Morgan fingerprint density at radius 2 is 1.98 bits per heavy atom. The van der Waals surface area contributed by atoms with Crippen molar-refractivity contribution in [2.45, 2.75) is 63.9 Å². The fourth-order valence-electron chi connectivity index (χ4n) is 8.16. The van der Waals surface area contributed by atoms with Gasteiger partial charge in [-0.25, -0.2) is 23.7 Å². The molecule has 1 fully saturated rings. The number of aryl methyl sites for hydroxylation is 2. The molecule has 50 heavy (non-hydrogen) atoms. The Labute approximate surface area is 294 Å². The SMILES string of the molecule is CO[C@H]1/C=C/C[C@H](C)CS(=O)(NC(=O)Nc2ncccn2)=NC(=O)c2ccc3c(c2)N(C[C@@H]2CC[C@H]21)C[C@@]1(CCCc2cc(C)ccc21)CO3. The van der Waals surface area contributed by atoms with Crippen molar-refractivity contribution in [1.29, 1.82) is 0 Å². The molecule has 0 radical (unpaired) electrons. The largest absolute Gasteiger partial charge is 0.490 e. The van der Waals surface area contributed by atoms with E-state index in [0.29, 0.717) is 30.6 Å². The van der Waals surface area contributed by atoms with Gasteiger partial charge in [0, 0.05) is 43.6 Å². The number of rotatable bonds is 3. The molecule has 0 saturated heterocycles. The number of methoxy groups -OCH3 is 1. The third-order valence-electron chi connectivity index (χ3n) is 10.8. The molecule has 11 nitrogen and oxygen atoms in total. The van der Waals surface area contributed by atoms with E-state index in [1.807, 2.05) is 19.1 Å². The standard InChI is InChI=1S/C38H46N6O5S/c1-25-10-14-31-27(19-25)8-5-16-38(31)23-44-21-29-11-13-30(29)33(48-3)9-4-7-26(2)22-50(47,43-37(46)41-36-39-17-6-18-40-36)42-35(45)28-12-15-34(49-24-38)32(44)20-28/h4,6,9-10,12,14-15,17-20,26,29-30,33H,5,7-8,11,13,16,21-24H2,1-3H3,(H2,39,40,41,42,43,45,46,47)/b9-4+/t26-,29-,30+,33-,38-,50?/m0/s1. The summed E-state index contributed by atoms with van der Waals surface area (Å²) in [6.07, 6.45) is 13.0. The lowest BCUT2D eigenvalue weighted by molar-refractivity contribution is 0.0131. The zero-order valence-electron chi connectivity index (χ0n) is 29.0. The number of ether oxygens (including phenoxy) is 2. The Hall–Kier alpha value is -4.29. The maximum absolute atomic E-state index is 14.4. The first-order valence-corrected chi connectivity index (χ1v) is 19.3. The molecule has 7 rings (SSSR count). The number of hydrogen-bond acceptors (Lipinski definition) is 8. The van der Waals surface area contributed by atoms with Gasteiger partial charge in [-0.1, -0.05) is 42.8 Å². The molecule has 1 spiro atoms. The van der Waals surface area contributed by atoms with Crippen molar-refractivity contribution in [2.24, 2.45) is 22.1 Å². The molecular weight excluding hydrogens is 653 g/mol. The van der Waals surface area contributed by atoms with Gasteiger partial charge in [0.05, 0.1) is 24.2 Å². The number of allylic oxidation sites excluding steroid dienone is 1. The van der Waals surface area contributed by atoms with E-state index in [2.05, 4.69) is 66.5 Å². The van der Waals surface area contributed by atoms with Crippen molar-refractivity contribution in [3.05, 3.63) is 89.3 Å². The van der Waals surface area contributed by atoms with Gasteiger partial charge in [0.15, 0.2) is 0 Å². The van der Waals surface area contributed by atoms with Gasteiger partial charge in [-0.15, -0.1) is 4.36 Å². The summed E-state index contributed by atoms with van der Waals surface area (Å²) in [7, 11) is -1.80. The molecule has 1 unspecified atom stereocenters. The van der Waals surface area contributed by atoms with Crippen LogP contribution in [0.25, 0.3) is 0 Å². The maximum atomic E-state index is 14.4. The summed E-state index contributed by atoms with van der Waals surface area (Å²) in [5.74, 6) is 0.646. The number of urea groups is 1. The number of carbonyl (C=O) groups excluding carboxylic acids is 2. The van der Waals surface area contributed by atoms with Crippen molar-refractivity contribution in [3.8, 4) is 5.75 Å². The highest BCUT2D eigenvalue weighted by molar-refractivity contribution is 7.92. The number of benzene rings is 2. The predicted molar refractivity (Wildman–Crippen MR) is 194 cm³/mol. The van der Waals surface area contributed by atoms with Crippen molar-refractivity contribution >= 4 is 33.5 Å². The summed E-state index contributed by atoms with van der Waals surface area (Å²) in [5.41, 5.74) is 4.91. The van der Waals surface area contributed by atoms with Crippen molar-refractivity contribution < 1.29 is 23.3 Å². The predicted octanol–water partition coefficient (Wildman–Crippen LogP) is 6.24. The highest BCUT2D eigenvalue weighted by atomic mass is 32.2. The van der Waals surface area contributed by atoms with Gasteiger partial charge in [-0.05, 0) is 98.6 Å². The smallest absolute Gasteiger partial charge is 0.334 e. The molecule has 12 heteroatoms. The molecule has 2 aliphatic carbocycles. The van der Waals surface area contributed by atoms with Crippen LogP contribution in [-0.2, 0) is 26.5 Å². The monoisotopic (exact) mass is 698 g/mol. The average molecular weight is 699 g/mol. The van der Waals surface area contributed by atoms with E-state index < -0.39 is 21.9 Å². The number of nitrogens with zero attached hydrogens (tertiary/aromatic N) is 4. The topological polar surface area (TPSA) is 135 Å². The third-order valence-corrected chi connectivity index (χ3v) is 12.7. The van der Waals surface area contributed by atoms with Crippen LogP contribution in [0, 0.1) is 24.7 Å². The van der Waals surface area contributed by atoms with Crippen LogP contribution < -0.4 is 19.7 Å².